The lowest BCUT2D eigenvalue weighted by molar-refractivity contribution is -0.115. The van der Waals surface area contributed by atoms with Crippen molar-refractivity contribution in [3.8, 4) is 0 Å². The van der Waals surface area contributed by atoms with Gasteiger partial charge in [-0.3, -0.25) is 9.10 Å². The van der Waals surface area contributed by atoms with E-state index >= 15 is 0 Å². The topological polar surface area (TPSA) is 66.5 Å². The Balaban J connectivity index is 1.68. The molecule has 138 valence electrons. The largest absolute Gasteiger partial charge is 0.326 e. The van der Waals surface area contributed by atoms with E-state index in [0.29, 0.717) is 6.54 Å². The molecule has 1 amide bonds. The number of anilines is 2. The molecule has 26 heavy (non-hydrogen) atoms. The highest BCUT2D eigenvalue weighted by molar-refractivity contribution is 7.92. The molecule has 0 saturated heterocycles. The third kappa shape index (κ3) is 3.90. The van der Waals surface area contributed by atoms with Crippen LogP contribution in [0.4, 0.5) is 11.4 Å². The van der Waals surface area contributed by atoms with E-state index in [2.05, 4.69) is 5.32 Å². The number of rotatable bonds is 5. The van der Waals surface area contributed by atoms with Crippen LogP contribution in [-0.4, -0.2) is 26.6 Å². The Kier molecular flexibility index (Phi) is 5.32. The zero-order valence-electron chi connectivity index (χ0n) is 15.2. The molecule has 5 nitrogen and oxygen atoms in total. The molecule has 1 aliphatic heterocycles. The standard InChI is InChI=1S/C20H24N2O3S/c1-15-7-5-8-16(2)20(15)21-19(23)12-14-26(24,25)22-13-6-10-17-9-3-4-11-18(17)22/h3-5,7-9,11H,6,10,12-14H2,1-2H3,(H,21,23). The summed E-state index contributed by atoms with van der Waals surface area (Å²) >= 11 is 0. The Bertz CT molecular complexity index is 902. The number of amides is 1. The third-order valence-electron chi connectivity index (χ3n) is 4.74. The fraction of sp³-hybridized carbons (Fsp3) is 0.350. The van der Waals surface area contributed by atoms with E-state index in [1.54, 1.807) is 0 Å². The van der Waals surface area contributed by atoms with Crippen LogP contribution in [0.3, 0.4) is 0 Å². The smallest absolute Gasteiger partial charge is 0.235 e. The first-order chi connectivity index (χ1) is 12.4. The zero-order chi connectivity index (χ0) is 18.7. The normalized spacial score (nSPS) is 14.0. The molecule has 2 aromatic rings. The minimum Gasteiger partial charge on any atom is -0.326 e. The van der Waals surface area contributed by atoms with Gasteiger partial charge in [-0.25, -0.2) is 8.42 Å². The summed E-state index contributed by atoms with van der Waals surface area (Å²) in [4.78, 5) is 12.3. The van der Waals surface area contributed by atoms with Gasteiger partial charge in [0.2, 0.25) is 15.9 Å². The van der Waals surface area contributed by atoms with Crippen molar-refractivity contribution in [3.63, 3.8) is 0 Å². The van der Waals surface area contributed by atoms with Gasteiger partial charge < -0.3 is 5.32 Å². The lowest BCUT2D eigenvalue weighted by atomic mass is 10.0. The van der Waals surface area contributed by atoms with Crippen molar-refractivity contribution < 1.29 is 13.2 Å². The summed E-state index contributed by atoms with van der Waals surface area (Å²) in [6, 6.07) is 13.3. The molecule has 3 rings (SSSR count). The average molecular weight is 372 g/mol. The number of aryl methyl sites for hydroxylation is 3. The second-order valence-electron chi connectivity index (χ2n) is 6.69. The number of nitrogens with zero attached hydrogens (tertiary/aromatic N) is 1. The number of hydrogen-bond donors (Lipinski definition) is 1. The van der Waals surface area contributed by atoms with Gasteiger partial charge in [-0.15, -0.1) is 0 Å². The van der Waals surface area contributed by atoms with Crippen LogP contribution in [0.1, 0.15) is 29.5 Å². The Morgan fingerprint density at radius 1 is 1.08 bits per heavy atom. The molecule has 0 radical (unpaired) electrons. The summed E-state index contributed by atoms with van der Waals surface area (Å²) < 4.78 is 27.0. The monoisotopic (exact) mass is 372 g/mol. The number of fused-ring (bicyclic) bond motifs is 1. The Morgan fingerprint density at radius 2 is 1.77 bits per heavy atom. The van der Waals surface area contributed by atoms with Gasteiger partial charge in [0.1, 0.15) is 0 Å². The first kappa shape index (κ1) is 18.5. The molecule has 0 unspecified atom stereocenters. The summed E-state index contributed by atoms with van der Waals surface area (Å²) in [6.45, 7) is 4.31. The van der Waals surface area contributed by atoms with E-state index in [-0.39, 0.29) is 18.1 Å². The van der Waals surface area contributed by atoms with Crippen LogP contribution in [0.25, 0.3) is 0 Å². The van der Waals surface area contributed by atoms with Crippen LogP contribution < -0.4 is 9.62 Å². The zero-order valence-corrected chi connectivity index (χ0v) is 16.0. The highest BCUT2D eigenvalue weighted by Gasteiger charge is 2.27. The van der Waals surface area contributed by atoms with Crippen molar-refractivity contribution in [1.29, 1.82) is 0 Å². The molecule has 0 aromatic heterocycles. The van der Waals surface area contributed by atoms with Crippen molar-refractivity contribution in [1.82, 2.24) is 0 Å². The molecular weight excluding hydrogens is 348 g/mol. The fourth-order valence-electron chi connectivity index (χ4n) is 3.33. The third-order valence-corrected chi connectivity index (χ3v) is 6.51. The Morgan fingerprint density at radius 3 is 2.50 bits per heavy atom. The van der Waals surface area contributed by atoms with Crippen LogP contribution in [0.2, 0.25) is 0 Å². The number of sulfonamides is 1. The van der Waals surface area contributed by atoms with Gasteiger partial charge >= 0.3 is 0 Å². The fourth-order valence-corrected chi connectivity index (χ4v) is 4.88. The second-order valence-corrected chi connectivity index (χ2v) is 8.70. The summed E-state index contributed by atoms with van der Waals surface area (Å²) in [7, 11) is -3.53. The minimum absolute atomic E-state index is 0.0607. The van der Waals surface area contributed by atoms with Crippen molar-refractivity contribution in [2.24, 2.45) is 0 Å². The number of carbonyl (C=O) groups excluding carboxylic acids is 1. The van der Waals surface area contributed by atoms with Crippen LogP contribution >= 0.6 is 0 Å². The Labute approximate surface area is 155 Å². The number of hydrogen-bond acceptors (Lipinski definition) is 3. The summed E-state index contributed by atoms with van der Waals surface area (Å²) in [5.41, 5.74) is 4.48. The second kappa shape index (κ2) is 7.50. The predicted octanol–water partition coefficient (Wildman–Crippen LogP) is 3.41. The first-order valence-corrected chi connectivity index (χ1v) is 10.4. The molecule has 1 N–H and O–H groups in total. The predicted molar refractivity (Wildman–Crippen MR) is 105 cm³/mol. The summed E-state index contributed by atoms with van der Waals surface area (Å²) in [5.74, 6) is -0.478. The molecule has 2 aromatic carbocycles. The van der Waals surface area contributed by atoms with Gasteiger partial charge in [-0.2, -0.15) is 0 Å². The van der Waals surface area contributed by atoms with Crippen molar-refractivity contribution >= 4 is 27.3 Å². The van der Waals surface area contributed by atoms with Crippen LogP contribution in [0, 0.1) is 13.8 Å². The number of carbonyl (C=O) groups is 1. The van der Waals surface area contributed by atoms with E-state index in [0.717, 1.165) is 40.9 Å². The molecule has 1 aliphatic rings. The SMILES string of the molecule is Cc1cccc(C)c1NC(=O)CCS(=O)(=O)N1CCCc2ccccc21. The van der Waals surface area contributed by atoms with E-state index in [4.69, 9.17) is 0 Å². The molecule has 0 atom stereocenters. The maximum absolute atomic E-state index is 12.8. The number of nitrogens with one attached hydrogen (secondary N) is 1. The average Bonchev–Trinajstić information content (AvgIpc) is 2.63. The molecule has 0 fully saturated rings. The van der Waals surface area contributed by atoms with Gasteiger partial charge in [0, 0.05) is 18.7 Å². The lowest BCUT2D eigenvalue weighted by Gasteiger charge is -2.30. The van der Waals surface area contributed by atoms with Gasteiger partial charge in [-0.1, -0.05) is 36.4 Å². The highest BCUT2D eigenvalue weighted by Crippen LogP contribution is 2.29. The van der Waals surface area contributed by atoms with E-state index in [1.165, 1.54) is 4.31 Å². The van der Waals surface area contributed by atoms with Crippen LogP contribution in [0.15, 0.2) is 42.5 Å². The molecule has 0 spiro atoms. The molecular formula is C20H24N2O3S. The molecule has 6 heteroatoms. The quantitative estimate of drug-likeness (QED) is 0.875. The minimum atomic E-state index is -3.53. The van der Waals surface area contributed by atoms with Gasteiger partial charge in [0.25, 0.3) is 0 Å². The van der Waals surface area contributed by atoms with E-state index in [1.807, 2.05) is 56.3 Å². The highest BCUT2D eigenvalue weighted by atomic mass is 32.2. The number of para-hydroxylation sites is 2. The maximum Gasteiger partial charge on any atom is 0.235 e. The lowest BCUT2D eigenvalue weighted by Crippen LogP contribution is -2.37. The van der Waals surface area contributed by atoms with Gasteiger partial charge in [0.15, 0.2) is 0 Å². The van der Waals surface area contributed by atoms with Crippen molar-refractivity contribution in [2.75, 3.05) is 21.9 Å². The Hall–Kier alpha value is -2.34. The first-order valence-electron chi connectivity index (χ1n) is 8.83. The summed E-state index contributed by atoms with van der Waals surface area (Å²) in [5, 5.41) is 2.85. The van der Waals surface area contributed by atoms with E-state index < -0.39 is 10.0 Å². The van der Waals surface area contributed by atoms with Crippen molar-refractivity contribution in [3.05, 3.63) is 59.2 Å². The van der Waals surface area contributed by atoms with Crippen LogP contribution in [-0.2, 0) is 21.2 Å². The molecule has 0 aliphatic carbocycles. The number of benzene rings is 2. The molecule has 0 bridgehead atoms. The molecule has 0 saturated carbocycles. The van der Waals surface area contributed by atoms with Gasteiger partial charge in [0.05, 0.1) is 11.4 Å². The van der Waals surface area contributed by atoms with Gasteiger partial charge in [-0.05, 0) is 49.4 Å². The van der Waals surface area contributed by atoms with Crippen LogP contribution in [0.5, 0.6) is 0 Å². The summed E-state index contributed by atoms with van der Waals surface area (Å²) in [6.07, 6.45) is 1.62. The van der Waals surface area contributed by atoms with Crippen molar-refractivity contribution in [2.45, 2.75) is 33.1 Å². The maximum atomic E-state index is 12.8. The van der Waals surface area contributed by atoms with E-state index in [9.17, 15) is 13.2 Å². The molecule has 1 heterocycles.